The number of hydrogen-bond acceptors (Lipinski definition) is 11. The molecule has 0 spiro atoms. The number of carbonyl (C=O) groups excluding carboxylic acids is 1. The second-order valence-corrected chi connectivity index (χ2v) is 11.3. The molecule has 6 rings (SSSR count). The van der Waals surface area contributed by atoms with Crippen LogP contribution >= 0.6 is 23.5 Å². The van der Waals surface area contributed by atoms with Crippen molar-refractivity contribution in [3.63, 3.8) is 0 Å². The van der Waals surface area contributed by atoms with Gasteiger partial charge in [-0.3, -0.25) is 24.8 Å². The van der Waals surface area contributed by atoms with Gasteiger partial charge < -0.3 is 9.84 Å². The van der Waals surface area contributed by atoms with E-state index in [-0.39, 0.29) is 17.5 Å². The zero-order valence-corrected chi connectivity index (χ0v) is 24.9. The SMILES string of the molecule is CCCOC(=O)CSc1n[nH]c(-c2cnc3cccc(-c4cccc(-n5cc(-c6nc(SCC(=O)O)n[nH]6)cn5)c4)c3c2)n1. The third kappa shape index (κ3) is 6.63. The maximum Gasteiger partial charge on any atom is 0.316 e. The second kappa shape index (κ2) is 13.1. The number of aromatic nitrogens is 9. The van der Waals surface area contributed by atoms with Gasteiger partial charge in [0.05, 0.1) is 41.1 Å². The number of pyridine rings is 1. The molecule has 4 heterocycles. The van der Waals surface area contributed by atoms with E-state index in [1.54, 1.807) is 17.1 Å². The lowest BCUT2D eigenvalue weighted by Crippen LogP contribution is -2.07. The first-order valence-corrected chi connectivity index (χ1v) is 15.5. The Morgan fingerprint density at radius 1 is 0.909 bits per heavy atom. The molecule has 0 saturated carbocycles. The number of aromatic amines is 2. The van der Waals surface area contributed by atoms with Crippen LogP contribution in [0.4, 0.5) is 0 Å². The van der Waals surface area contributed by atoms with Gasteiger partial charge in [-0.05, 0) is 41.8 Å². The molecule has 44 heavy (non-hydrogen) atoms. The Kier molecular flexibility index (Phi) is 8.65. The molecule has 222 valence electrons. The van der Waals surface area contributed by atoms with Crippen molar-refractivity contribution in [1.82, 2.24) is 45.1 Å². The Hall–Kier alpha value is -5.02. The molecule has 0 radical (unpaired) electrons. The number of hydrogen-bond donors (Lipinski definition) is 3. The Bertz CT molecular complexity index is 1950. The predicted octanol–water partition coefficient (Wildman–Crippen LogP) is 4.88. The van der Waals surface area contributed by atoms with Crippen molar-refractivity contribution in [2.24, 2.45) is 0 Å². The minimum absolute atomic E-state index is 0.121. The number of esters is 1. The average molecular weight is 628 g/mol. The molecule has 0 saturated heterocycles. The second-order valence-electron chi connectivity index (χ2n) is 9.44. The minimum Gasteiger partial charge on any atom is -0.481 e. The molecule has 0 fully saturated rings. The van der Waals surface area contributed by atoms with E-state index in [0.717, 1.165) is 51.5 Å². The Morgan fingerprint density at radius 3 is 2.43 bits per heavy atom. The van der Waals surface area contributed by atoms with E-state index in [0.29, 0.717) is 34.1 Å². The van der Waals surface area contributed by atoms with Gasteiger partial charge in [-0.2, -0.15) is 5.10 Å². The summed E-state index contributed by atoms with van der Waals surface area (Å²) in [6.07, 6.45) is 6.02. The van der Waals surface area contributed by atoms with Gasteiger partial charge >= 0.3 is 11.9 Å². The van der Waals surface area contributed by atoms with Crippen LogP contribution in [-0.4, -0.2) is 80.3 Å². The molecule has 2 aromatic carbocycles. The van der Waals surface area contributed by atoms with E-state index in [1.807, 2.05) is 61.7 Å². The predicted molar refractivity (Wildman–Crippen MR) is 165 cm³/mol. The molecule has 13 nitrogen and oxygen atoms in total. The smallest absolute Gasteiger partial charge is 0.316 e. The fourth-order valence-electron chi connectivity index (χ4n) is 4.32. The maximum absolute atomic E-state index is 11.8. The normalized spacial score (nSPS) is 11.2. The van der Waals surface area contributed by atoms with Crippen LogP contribution in [0.25, 0.3) is 50.5 Å². The Labute approximate surface area is 258 Å². The highest BCUT2D eigenvalue weighted by molar-refractivity contribution is 8.00. The number of aliphatic carboxylic acids is 1. The highest BCUT2D eigenvalue weighted by Gasteiger charge is 2.14. The fourth-order valence-corrected chi connectivity index (χ4v) is 5.43. The van der Waals surface area contributed by atoms with Crippen molar-refractivity contribution in [3.05, 3.63) is 67.1 Å². The van der Waals surface area contributed by atoms with Crippen molar-refractivity contribution in [1.29, 1.82) is 0 Å². The zero-order chi connectivity index (χ0) is 30.5. The quantitative estimate of drug-likeness (QED) is 0.124. The lowest BCUT2D eigenvalue weighted by molar-refractivity contribution is -0.140. The summed E-state index contributed by atoms with van der Waals surface area (Å²) in [6, 6.07) is 16.0. The molecular weight excluding hydrogens is 603 g/mol. The molecule has 0 atom stereocenters. The van der Waals surface area contributed by atoms with Gasteiger partial charge in [0.15, 0.2) is 11.6 Å². The number of rotatable bonds is 12. The first-order valence-electron chi connectivity index (χ1n) is 13.5. The highest BCUT2D eigenvalue weighted by Crippen LogP contribution is 2.32. The summed E-state index contributed by atoms with van der Waals surface area (Å²) in [5, 5.41) is 29.2. The largest absolute Gasteiger partial charge is 0.481 e. The number of ether oxygens (including phenoxy) is 1. The summed E-state index contributed by atoms with van der Waals surface area (Å²) in [5.41, 5.74) is 5.09. The summed E-state index contributed by atoms with van der Waals surface area (Å²) in [4.78, 5) is 36.2. The van der Waals surface area contributed by atoms with Gasteiger partial charge in [-0.1, -0.05) is 54.7 Å². The number of fused-ring (bicyclic) bond motifs is 1. The number of benzene rings is 2. The number of thioether (sulfide) groups is 2. The van der Waals surface area contributed by atoms with E-state index < -0.39 is 5.97 Å². The van der Waals surface area contributed by atoms with Crippen molar-refractivity contribution in [3.8, 4) is 39.6 Å². The van der Waals surface area contributed by atoms with Gasteiger partial charge in [-0.25, -0.2) is 14.6 Å². The van der Waals surface area contributed by atoms with E-state index in [9.17, 15) is 9.59 Å². The first-order chi connectivity index (χ1) is 21.5. The highest BCUT2D eigenvalue weighted by atomic mass is 32.2. The zero-order valence-electron chi connectivity index (χ0n) is 23.3. The van der Waals surface area contributed by atoms with Crippen LogP contribution in [0.3, 0.4) is 0 Å². The number of carboxylic acid groups (broad SMARTS) is 1. The van der Waals surface area contributed by atoms with Crippen molar-refractivity contribution < 1.29 is 19.4 Å². The first kappa shape index (κ1) is 29.1. The maximum atomic E-state index is 11.8. The fraction of sp³-hybridized carbons (Fsp3) is 0.172. The molecular formula is C29H25N9O4S2. The van der Waals surface area contributed by atoms with Gasteiger partial charge in [0.25, 0.3) is 0 Å². The molecule has 15 heteroatoms. The molecule has 0 bridgehead atoms. The molecule has 4 aromatic heterocycles. The van der Waals surface area contributed by atoms with Crippen LogP contribution < -0.4 is 0 Å². The van der Waals surface area contributed by atoms with Crippen LogP contribution in [0, 0.1) is 0 Å². The Balaban J connectivity index is 1.24. The van der Waals surface area contributed by atoms with Crippen molar-refractivity contribution in [2.75, 3.05) is 18.1 Å². The number of carbonyl (C=O) groups is 2. The lowest BCUT2D eigenvalue weighted by atomic mass is 9.99. The number of H-pyrrole nitrogens is 2. The van der Waals surface area contributed by atoms with E-state index >= 15 is 0 Å². The van der Waals surface area contributed by atoms with Crippen molar-refractivity contribution >= 4 is 46.4 Å². The third-order valence-corrected chi connectivity index (χ3v) is 7.97. The molecule has 0 aliphatic carbocycles. The molecule has 0 aliphatic heterocycles. The van der Waals surface area contributed by atoms with Gasteiger partial charge in [0, 0.05) is 23.3 Å². The van der Waals surface area contributed by atoms with E-state index in [4.69, 9.17) is 9.84 Å². The third-order valence-electron chi connectivity index (χ3n) is 6.32. The van der Waals surface area contributed by atoms with Crippen molar-refractivity contribution in [2.45, 2.75) is 23.7 Å². The summed E-state index contributed by atoms with van der Waals surface area (Å²) in [6.45, 7) is 2.34. The van der Waals surface area contributed by atoms with Gasteiger partial charge in [0.2, 0.25) is 10.3 Å². The Morgan fingerprint density at radius 2 is 1.66 bits per heavy atom. The van der Waals surface area contributed by atoms with Crippen LogP contribution in [0.2, 0.25) is 0 Å². The molecule has 6 aromatic rings. The van der Waals surface area contributed by atoms with Gasteiger partial charge in [-0.15, -0.1) is 10.2 Å². The van der Waals surface area contributed by atoms with Crippen LogP contribution in [0.5, 0.6) is 0 Å². The minimum atomic E-state index is -0.934. The van der Waals surface area contributed by atoms with E-state index in [2.05, 4.69) is 40.4 Å². The number of carboxylic acids is 1. The van der Waals surface area contributed by atoms with E-state index in [1.165, 1.54) is 11.8 Å². The molecule has 3 N–H and O–H groups in total. The van der Waals surface area contributed by atoms with Crippen LogP contribution in [0.15, 0.2) is 77.4 Å². The molecule has 0 unspecified atom stereocenters. The monoisotopic (exact) mass is 627 g/mol. The topological polar surface area (TPSA) is 177 Å². The van der Waals surface area contributed by atoms with Crippen LogP contribution in [0.1, 0.15) is 13.3 Å². The molecule has 0 aliphatic rings. The number of nitrogens with one attached hydrogen (secondary N) is 2. The average Bonchev–Trinajstić information content (AvgIpc) is 3.83. The summed E-state index contributed by atoms with van der Waals surface area (Å²) in [7, 11) is 0. The summed E-state index contributed by atoms with van der Waals surface area (Å²) >= 11 is 2.25. The molecule has 0 amide bonds. The summed E-state index contributed by atoms with van der Waals surface area (Å²) < 4.78 is 6.86. The van der Waals surface area contributed by atoms with Crippen LogP contribution in [-0.2, 0) is 14.3 Å². The van der Waals surface area contributed by atoms with Gasteiger partial charge in [0.1, 0.15) is 0 Å². The number of nitrogens with zero attached hydrogens (tertiary/aromatic N) is 7. The summed E-state index contributed by atoms with van der Waals surface area (Å²) in [5.74, 6) is -0.169. The lowest BCUT2D eigenvalue weighted by Gasteiger charge is -2.10. The standard InChI is InChI=1S/C29H25N9O4S2/c1-2-9-42-25(41)16-44-29-32-26(34-37-29)18-11-22-21(7-4-8-23(22)30-12-18)17-5-3-6-20(10-17)38-14-19(13-31-38)27-33-28(36-35-27)43-15-24(39)40/h3-8,10-14H,2,9,15-16H2,1H3,(H,39,40)(H,32,34,37)(H,33,35,36).